The Kier molecular flexibility index (Phi) is 9.19. The molecular formula is C18H23Cl2N3O3. The number of halogens is 2. The maximum Gasteiger partial charge on any atom is 0.260 e. The fourth-order valence-electron chi connectivity index (χ4n) is 2.77. The molecule has 1 amide bonds. The normalized spacial score (nSPS) is 15.6. The van der Waals surface area contributed by atoms with Crippen LogP contribution in [0.25, 0.3) is 0 Å². The van der Waals surface area contributed by atoms with E-state index in [0.717, 1.165) is 19.4 Å². The molecule has 0 radical (unpaired) electrons. The quantitative estimate of drug-likeness (QED) is 0.807. The summed E-state index contributed by atoms with van der Waals surface area (Å²) in [5, 5.41) is 0. The first-order valence-corrected chi connectivity index (χ1v) is 8.07. The highest BCUT2D eigenvalue weighted by Crippen LogP contribution is 2.22. The molecule has 2 heterocycles. The topological polar surface area (TPSA) is 77.7 Å². The van der Waals surface area contributed by atoms with Crippen molar-refractivity contribution in [3.63, 3.8) is 0 Å². The van der Waals surface area contributed by atoms with Crippen molar-refractivity contribution in [3.05, 3.63) is 48.7 Å². The Morgan fingerprint density at radius 1 is 1.15 bits per heavy atom. The summed E-state index contributed by atoms with van der Waals surface area (Å²) < 4.78 is 11.2. The van der Waals surface area contributed by atoms with Gasteiger partial charge in [0, 0.05) is 31.4 Å². The summed E-state index contributed by atoms with van der Waals surface area (Å²) in [5.41, 5.74) is 5.70. The fraction of sp³-hybridized carbons (Fsp3) is 0.333. The van der Waals surface area contributed by atoms with Crippen molar-refractivity contribution in [2.75, 3.05) is 19.7 Å². The molecule has 1 aromatic carbocycles. The molecule has 1 saturated heterocycles. The lowest BCUT2D eigenvalue weighted by Crippen LogP contribution is -2.42. The van der Waals surface area contributed by atoms with Crippen LogP contribution in [0.4, 0.5) is 0 Å². The number of hydrogen-bond donors (Lipinski definition) is 1. The number of carbonyl (C=O) groups is 1. The van der Waals surface area contributed by atoms with Crippen LogP contribution in [0.2, 0.25) is 0 Å². The van der Waals surface area contributed by atoms with Crippen LogP contribution in [-0.2, 0) is 4.79 Å². The van der Waals surface area contributed by atoms with Gasteiger partial charge in [0.25, 0.3) is 5.91 Å². The summed E-state index contributed by atoms with van der Waals surface area (Å²) in [6, 6.07) is 12.7. The van der Waals surface area contributed by atoms with Crippen molar-refractivity contribution in [2.24, 2.45) is 5.73 Å². The van der Waals surface area contributed by atoms with Crippen molar-refractivity contribution < 1.29 is 14.3 Å². The van der Waals surface area contributed by atoms with Crippen LogP contribution in [0.5, 0.6) is 17.4 Å². The van der Waals surface area contributed by atoms with Crippen molar-refractivity contribution >= 4 is 30.7 Å². The molecule has 1 fully saturated rings. The number of carbonyl (C=O) groups excluding carboxylic acids is 1. The third-order valence-corrected chi connectivity index (χ3v) is 4.02. The molecule has 2 N–H and O–H groups in total. The zero-order valence-corrected chi connectivity index (χ0v) is 15.9. The third-order valence-electron chi connectivity index (χ3n) is 4.02. The molecule has 2 aromatic rings. The summed E-state index contributed by atoms with van der Waals surface area (Å²) in [7, 11) is 0. The number of likely N-dealkylation sites (tertiary alicyclic amines) is 1. The number of ether oxygens (including phenoxy) is 2. The second-order valence-corrected chi connectivity index (χ2v) is 5.65. The smallest absolute Gasteiger partial charge is 0.260 e. The van der Waals surface area contributed by atoms with Crippen molar-refractivity contribution in [2.45, 2.75) is 18.9 Å². The number of nitrogens with zero attached hydrogens (tertiary/aromatic N) is 2. The first kappa shape index (κ1) is 22.0. The van der Waals surface area contributed by atoms with E-state index in [9.17, 15) is 4.79 Å². The number of rotatable bonds is 6. The Labute approximate surface area is 165 Å². The molecule has 8 heteroatoms. The molecule has 1 unspecified atom stereocenters. The Morgan fingerprint density at radius 3 is 2.54 bits per heavy atom. The van der Waals surface area contributed by atoms with E-state index in [4.69, 9.17) is 15.2 Å². The highest BCUT2D eigenvalue weighted by Gasteiger charge is 2.27. The predicted molar refractivity (Wildman–Crippen MR) is 105 cm³/mol. The fourth-order valence-corrected chi connectivity index (χ4v) is 2.77. The maximum atomic E-state index is 12.2. The van der Waals surface area contributed by atoms with E-state index in [1.54, 1.807) is 36.5 Å². The number of aromatic nitrogens is 1. The second kappa shape index (κ2) is 10.9. The van der Waals surface area contributed by atoms with Gasteiger partial charge in [-0.15, -0.1) is 24.8 Å². The summed E-state index contributed by atoms with van der Waals surface area (Å²) in [4.78, 5) is 18.1. The molecular weight excluding hydrogens is 377 g/mol. The summed E-state index contributed by atoms with van der Waals surface area (Å²) >= 11 is 0. The van der Waals surface area contributed by atoms with Crippen LogP contribution in [0.15, 0.2) is 48.7 Å². The Balaban J connectivity index is 0.00000169. The largest absolute Gasteiger partial charge is 0.484 e. The molecule has 26 heavy (non-hydrogen) atoms. The molecule has 142 valence electrons. The average Bonchev–Trinajstić information content (AvgIpc) is 3.10. The molecule has 1 aliphatic rings. The van der Waals surface area contributed by atoms with Gasteiger partial charge in [-0.3, -0.25) is 4.79 Å². The molecule has 0 bridgehead atoms. The first-order valence-electron chi connectivity index (χ1n) is 8.07. The Hall–Kier alpha value is -2.02. The number of amides is 1. The molecule has 0 spiro atoms. The van der Waals surface area contributed by atoms with E-state index in [1.807, 2.05) is 17.0 Å². The van der Waals surface area contributed by atoms with Crippen LogP contribution in [0, 0.1) is 0 Å². The molecule has 3 rings (SSSR count). The highest BCUT2D eigenvalue weighted by atomic mass is 35.5. The van der Waals surface area contributed by atoms with Crippen LogP contribution in [-0.4, -0.2) is 41.5 Å². The van der Waals surface area contributed by atoms with Gasteiger partial charge in [-0.1, -0.05) is 6.07 Å². The van der Waals surface area contributed by atoms with E-state index >= 15 is 0 Å². The van der Waals surface area contributed by atoms with Gasteiger partial charge >= 0.3 is 0 Å². The van der Waals surface area contributed by atoms with Crippen molar-refractivity contribution in [3.8, 4) is 17.4 Å². The molecule has 0 saturated carbocycles. The van der Waals surface area contributed by atoms with Gasteiger partial charge in [0.05, 0.1) is 0 Å². The van der Waals surface area contributed by atoms with Crippen LogP contribution < -0.4 is 15.2 Å². The zero-order chi connectivity index (χ0) is 16.8. The second-order valence-electron chi connectivity index (χ2n) is 5.65. The van der Waals surface area contributed by atoms with Gasteiger partial charge < -0.3 is 20.1 Å². The van der Waals surface area contributed by atoms with Crippen molar-refractivity contribution in [1.82, 2.24) is 9.88 Å². The highest BCUT2D eigenvalue weighted by molar-refractivity contribution is 5.85. The first-order chi connectivity index (χ1) is 11.8. The van der Waals surface area contributed by atoms with Gasteiger partial charge in [-0.05, 0) is 43.2 Å². The number of hydrogen-bond acceptors (Lipinski definition) is 5. The summed E-state index contributed by atoms with van der Waals surface area (Å²) in [6.45, 7) is 1.29. The van der Waals surface area contributed by atoms with Gasteiger partial charge in [-0.25, -0.2) is 4.98 Å². The maximum absolute atomic E-state index is 12.2. The van der Waals surface area contributed by atoms with Crippen LogP contribution in [0.1, 0.15) is 12.8 Å². The lowest BCUT2D eigenvalue weighted by atomic mass is 10.2. The predicted octanol–water partition coefficient (Wildman–Crippen LogP) is 3.05. The average molecular weight is 400 g/mol. The minimum absolute atomic E-state index is 0. The van der Waals surface area contributed by atoms with Gasteiger partial charge in [0.1, 0.15) is 11.5 Å². The van der Waals surface area contributed by atoms with E-state index in [1.165, 1.54) is 0 Å². The van der Waals surface area contributed by atoms with Crippen LogP contribution in [0.3, 0.4) is 0 Å². The SMILES string of the molecule is Cl.Cl.NCC1CCCN1C(=O)COc1ccc(Oc2ccccn2)cc1. The molecule has 6 nitrogen and oxygen atoms in total. The van der Waals surface area contributed by atoms with E-state index in [-0.39, 0.29) is 43.4 Å². The van der Waals surface area contributed by atoms with Gasteiger partial charge in [-0.2, -0.15) is 0 Å². The Bertz CT molecular complexity index is 671. The number of pyridine rings is 1. The summed E-state index contributed by atoms with van der Waals surface area (Å²) in [5.74, 6) is 1.80. The summed E-state index contributed by atoms with van der Waals surface area (Å²) in [6.07, 6.45) is 3.65. The van der Waals surface area contributed by atoms with Gasteiger partial charge in [0.2, 0.25) is 5.88 Å². The van der Waals surface area contributed by atoms with E-state index in [0.29, 0.717) is 23.9 Å². The molecule has 1 atom stereocenters. The van der Waals surface area contributed by atoms with E-state index in [2.05, 4.69) is 4.98 Å². The Morgan fingerprint density at radius 2 is 1.88 bits per heavy atom. The third kappa shape index (κ3) is 5.76. The van der Waals surface area contributed by atoms with Gasteiger partial charge in [0.15, 0.2) is 6.61 Å². The van der Waals surface area contributed by atoms with Crippen molar-refractivity contribution in [1.29, 1.82) is 0 Å². The molecule has 1 aliphatic heterocycles. The monoisotopic (exact) mass is 399 g/mol. The minimum atomic E-state index is -0.0169. The lowest BCUT2D eigenvalue weighted by Gasteiger charge is -2.23. The number of nitrogens with two attached hydrogens (primary N) is 1. The molecule has 1 aromatic heterocycles. The van der Waals surface area contributed by atoms with E-state index < -0.39 is 0 Å². The standard InChI is InChI=1S/C18H21N3O3.2ClH/c19-12-14-4-3-11-21(14)18(22)13-23-15-6-8-16(9-7-15)24-17-5-1-2-10-20-17;;/h1-2,5-10,14H,3-4,11-13,19H2;2*1H. The lowest BCUT2D eigenvalue weighted by molar-refractivity contribution is -0.134. The zero-order valence-electron chi connectivity index (χ0n) is 14.2. The molecule has 0 aliphatic carbocycles. The minimum Gasteiger partial charge on any atom is -0.484 e. The number of benzene rings is 1. The van der Waals surface area contributed by atoms with Crippen LogP contribution >= 0.6 is 24.8 Å².